The van der Waals surface area contributed by atoms with E-state index in [0.717, 1.165) is 0 Å². The van der Waals surface area contributed by atoms with Crippen LogP contribution in [-0.2, 0) is 6.54 Å². The maximum Gasteiger partial charge on any atom is 0.415 e. The monoisotopic (exact) mass is 334 g/mol. The fraction of sp³-hybridized carbons (Fsp3) is 0.357. The maximum atomic E-state index is 12.3. The number of aromatic nitrogens is 1. The smallest absolute Gasteiger partial charge is 0.415 e. The fourth-order valence-corrected chi connectivity index (χ4v) is 2.09. The zero-order valence-corrected chi connectivity index (χ0v) is 12.4. The average molecular weight is 335 g/mol. The minimum absolute atomic E-state index is 0.0393. The number of nitrogens with zero attached hydrogens (tertiary/aromatic N) is 2. The van der Waals surface area contributed by atoms with Crippen molar-refractivity contribution < 1.29 is 22.7 Å². The molecule has 120 valence electrons. The number of benzene rings is 1. The fourth-order valence-electron chi connectivity index (χ4n) is 1.86. The number of likely N-dealkylation sites (N-methyl/N-ethyl adjacent to an activating group) is 1. The van der Waals surface area contributed by atoms with Gasteiger partial charge in [-0.15, -0.1) is 0 Å². The first kappa shape index (κ1) is 16.8. The number of hydrogen-bond donors (Lipinski definition) is 1. The van der Waals surface area contributed by atoms with Crippen molar-refractivity contribution in [3.05, 3.63) is 41.4 Å². The highest BCUT2D eigenvalue weighted by molar-refractivity contribution is 6.33. The lowest BCUT2D eigenvalue weighted by atomic mass is 10.2. The van der Waals surface area contributed by atoms with Crippen molar-refractivity contribution >= 4 is 11.6 Å². The van der Waals surface area contributed by atoms with E-state index in [1.165, 1.54) is 18.1 Å². The van der Waals surface area contributed by atoms with Gasteiger partial charge in [0, 0.05) is 12.1 Å². The van der Waals surface area contributed by atoms with E-state index >= 15 is 0 Å². The molecule has 1 aromatic carbocycles. The molecule has 1 atom stereocenters. The zero-order chi connectivity index (χ0) is 16.3. The van der Waals surface area contributed by atoms with Crippen LogP contribution in [0.2, 0.25) is 5.02 Å². The van der Waals surface area contributed by atoms with Gasteiger partial charge < -0.3 is 9.52 Å². The Morgan fingerprint density at radius 2 is 2.05 bits per heavy atom. The van der Waals surface area contributed by atoms with Gasteiger partial charge in [-0.25, -0.2) is 4.98 Å². The molecule has 1 N–H and O–H groups in total. The van der Waals surface area contributed by atoms with Crippen molar-refractivity contribution in [1.82, 2.24) is 9.88 Å². The Hall–Kier alpha value is -1.57. The number of rotatable bonds is 5. The van der Waals surface area contributed by atoms with Crippen LogP contribution >= 0.6 is 11.6 Å². The Kier molecular flexibility index (Phi) is 5.10. The Bertz CT molecular complexity index is 631. The molecule has 0 saturated carbocycles. The van der Waals surface area contributed by atoms with E-state index in [0.29, 0.717) is 16.3 Å². The molecule has 1 aromatic heterocycles. The maximum absolute atomic E-state index is 12.3. The number of aliphatic hydroxyl groups excluding tert-OH is 1. The first-order valence-electron chi connectivity index (χ1n) is 6.40. The highest BCUT2D eigenvalue weighted by Gasteiger charge is 2.38. The Labute approximate surface area is 130 Å². The predicted octanol–water partition coefficient (Wildman–Crippen LogP) is 3.35. The van der Waals surface area contributed by atoms with Crippen LogP contribution in [0, 0.1) is 0 Å². The first-order chi connectivity index (χ1) is 10.3. The van der Waals surface area contributed by atoms with Crippen molar-refractivity contribution in [3.63, 3.8) is 0 Å². The molecular weight excluding hydrogens is 321 g/mol. The van der Waals surface area contributed by atoms with Crippen molar-refractivity contribution in [2.75, 3.05) is 13.6 Å². The molecule has 0 aliphatic carbocycles. The second-order valence-electron chi connectivity index (χ2n) is 4.85. The van der Waals surface area contributed by atoms with Gasteiger partial charge in [-0.2, -0.15) is 13.2 Å². The van der Waals surface area contributed by atoms with Gasteiger partial charge in [0.15, 0.2) is 11.9 Å². The summed E-state index contributed by atoms with van der Waals surface area (Å²) < 4.78 is 42.4. The molecule has 1 unspecified atom stereocenters. The third kappa shape index (κ3) is 4.22. The summed E-state index contributed by atoms with van der Waals surface area (Å²) in [5, 5.41) is 9.51. The molecule has 0 aliphatic rings. The summed E-state index contributed by atoms with van der Waals surface area (Å²) in [7, 11) is 1.44. The normalized spacial score (nSPS) is 13.6. The topological polar surface area (TPSA) is 49.5 Å². The van der Waals surface area contributed by atoms with E-state index in [1.807, 2.05) is 0 Å². The average Bonchev–Trinajstić information content (AvgIpc) is 2.86. The number of aliphatic hydroxyl groups is 1. The van der Waals surface area contributed by atoms with Crippen LogP contribution in [0.3, 0.4) is 0 Å². The van der Waals surface area contributed by atoms with Crippen molar-refractivity contribution in [2.45, 2.75) is 18.8 Å². The minimum Gasteiger partial charge on any atom is -0.439 e. The van der Waals surface area contributed by atoms with Gasteiger partial charge in [-0.05, 0) is 19.2 Å². The lowest BCUT2D eigenvalue weighted by Crippen LogP contribution is -2.39. The van der Waals surface area contributed by atoms with Crippen LogP contribution in [0.5, 0.6) is 0 Å². The van der Waals surface area contributed by atoms with E-state index in [4.69, 9.17) is 21.1 Å². The van der Waals surface area contributed by atoms with Crippen LogP contribution in [0.25, 0.3) is 11.3 Å². The van der Waals surface area contributed by atoms with Gasteiger partial charge in [0.25, 0.3) is 0 Å². The highest BCUT2D eigenvalue weighted by Crippen LogP contribution is 2.28. The van der Waals surface area contributed by atoms with Crippen LogP contribution in [0.1, 0.15) is 5.89 Å². The van der Waals surface area contributed by atoms with Crippen molar-refractivity contribution in [2.24, 2.45) is 0 Å². The quantitative estimate of drug-likeness (QED) is 0.911. The second-order valence-corrected chi connectivity index (χ2v) is 5.26. The van der Waals surface area contributed by atoms with Gasteiger partial charge in [0.2, 0.25) is 5.89 Å². The molecular formula is C14H14ClF3N2O2. The zero-order valence-electron chi connectivity index (χ0n) is 11.6. The summed E-state index contributed by atoms with van der Waals surface area (Å²) in [5.74, 6) is 0.678. The molecule has 8 heteroatoms. The van der Waals surface area contributed by atoms with Gasteiger partial charge in [0.1, 0.15) is 0 Å². The van der Waals surface area contributed by atoms with E-state index in [1.54, 1.807) is 24.3 Å². The van der Waals surface area contributed by atoms with Crippen LogP contribution < -0.4 is 0 Å². The minimum atomic E-state index is -4.65. The molecule has 0 bridgehead atoms. The summed E-state index contributed by atoms with van der Waals surface area (Å²) >= 11 is 6.04. The molecule has 0 saturated heterocycles. The predicted molar refractivity (Wildman–Crippen MR) is 75.3 cm³/mol. The summed E-state index contributed by atoms with van der Waals surface area (Å²) in [5.41, 5.74) is 0.654. The first-order valence-corrected chi connectivity index (χ1v) is 6.78. The standard InChI is InChI=1S/C14H14ClF3N2O2/c1-20(7-12(21)14(16,17)18)8-13-19-6-11(22-13)9-4-2-3-5-10(9)15/h2-6,12,21H,7-8H2,1H3. The largest absolute Gasteiger partial charge is 0.439 e. The molecule has 0 aliphatic heterocycles. The number of alkyl halides is 3. The van der Waals surface area contributed by atoms with E-state index < -0.39 is 18.8 Å². The summed E-state index contributed by atoms with van der Waals surface area (Å²) in [6.07, 6.45) is -5.59. The molecule has 0 radical (unpaired) electrons. The lowest BCUT2D eigenvalue weighted by Gasteiger charge is -2.20. The van der Waals surface area contributed by atoms with E-state index in [2.05, 4.69) is 4.98 Å². The molecule has 2 aromatic rings. The van der Waals surface area contributed by atoms with E-state index in [9.17, 15) is 13.2 Å². The summed E-state index contributed by atoms with van der Waals surface area (Å²) in [6.45, 7) is -0.523. The molecule has 4 nitrogen and oxygen atoms in total. The Balaban J connectivity index is 2.02. The number of halogens is 4. The van der Waals surface area contributed by atoms with Crippen LogP contribution in [-0.4, -0.2) is 40.9 Å². The number of hydrogen-bond acceptors (Lipinski definition) is 4. The van der Waals surface area contributed by atoms with Gasteiger partial charge in [-0.3, -0.25) is 4.90 Å². The van der Waals surface area contributed by atoms with Gasteiger partial charge in [-0.1, -0.05) is 23.7 Å². The summed E-state index contributed by atoms with van der Waals surface area (Å²) in [6, 6.07) is 7.01. The summed E-state index contributed by atoms with van der Waals surface area (Å²) in [4.78, 5) is 5.29. The third-order valence-corrected chi connectivity index (χ3v) is 3.29. The van der Waals surface area contributed by atoms with Gasteiger partial charge in [0.05, 0.1) is 17.8 Å². The van der Waals surface area contributed by atoms with Crippen LogP contribution in [0.15, 0.2) is 34.9 Å². The molecule has 2 rings (SSSR count). The highest BCUT2D eigenvalue weighted by atomic mass is 35.5. The SMILES string of the molecule is CN(Cc1ncc(-c2ccccc2Cl)o1)CC(O)C(F)(F)F. The molecule has 0 fully saturated rings. The third-order valence-electron chi connectivity index (χ3n) is 2.96. The molecule has 1 heterocycles. The van der Waals surface area contributed by atoms with Crippen molar-refractivity contribution in [3.8, 4) is 11.3 Å². The van der Waals surface area contributed by atoms with Crippen molar-refractivity contribution in [1.29, 1.82) is 0 Å². The molecule has 0 amide bonds. The second kappa shape index (κ2) is 6.68. The Morgan fingerprint density at radius 3 is 2.68 bits per heavy atom. The van der Waals surface area contributed by atoms with Gasteiger partial charge >= 0.3 is 6.18 Å². The van der Waals surface area contributed by atoms with Crippen LogP contribution in [0.4, 0.5) is 13.2 Å². The Morgan fingerprint density at radius 1 is 1.36 bits per heavy atom. The lowest BCUT2D eigenvalue weighted by molar-refractivity contribution is -0.207. The van der Waals surface area contributed by atoms with E-state index in [-0.39, 0.29) is 12.4 Å². The molecule has 22 heavy (non-hydrogen) atoms. The molecule has 0 spiro atoms. The number of oxazole rings is 1.